The summed E-state index contributed by atoms with van der Waals surface area (Å²) in [5.74, 6) is -0.280. The summed E-state index contributed by atoms with van der Waals surface area (Å²) in [6.07, 6.45) is 3.27. The predicted octanol–water partition coefficient (Wildman–Crippen LogP) is -0.229. The van der Waals surface area contributed by atoms with Gasteiger partial charge >= 0.3 is 0 Å². The number of carbonyl (C=O) groups excluding carboxylic acids is 3. The second-order valence-electron chi connectivity index (χ2n) is 4.39. The maximum absolute atomic E-state index is 11.4. The van der Waals surface area contributed by atoms with E-state index in [4.69, 9.17) is 5.73 Å². The van der Waals surface area contributed by atoms with E-state index in [-0.39, 0.29) is 17.7 Å². The van der Waals surface area contributed by atoms with Gasteiger partial charge in [-0.25, -0.2) is 0 Å². The normalized spacial score (nSPS) is 15.3. The van der Waals surface area contributed by atoms with E-state index in [0.29, 0.717) is 45.3 Å². The van der Waals surface area contributed by atoms with Gasteiger partial charge in [0.05, 0.1) is 0 Å². The van der Waals surface area contributed by atoms with Gasteiger partial charge in [-0.15, -0.1) is 0 Å². The molecule has 0 aromatic rings. The first-order valence-corrected chi connectivity index (χ1v) is 6.45. The number of unbranched alkanes of at least 4 members (excludes halogenated alkanes) is 1. The summed E-state index contributed by atoms with van der Waals surface area (Å²) in [5, 5.41) is 2.78. The van der Waals surface area contributed by atoms with Crippen LogP contribution in [0.3, 0.4) is 0 Å². The van der Waals surface area contributed by atoms with Gasteiger partial charge < -0.3 is 11.1 Å². The van der Waals surface area contributed by atoms with Gasteiger partial charge in [0.15, 0.2) is 0 Å². The maximum Gasteiger partial charge on any atom is 0.229 e. The molecule has 0 saturated carbocycles. The van der Waals surface area contributed by atoms with Crippen molar-refractivity contribution >= 4 is 17.7 Å². The first-order chi connectivity index (χ1) is 8.65. The highest BCUT2D eigenvalue weighted by Crippen LogP contribution is 2.12. The Balaban J connectivity index is 2.08. The van der Waals surface area contributed by atoms with Crippen LogP contribution in [0.2, 0.25) is 0 Å². The van der Waals surface area contributed by atoms with Gasteiger partial charge in [-0.1, -0.05) is 0 Å². The smallest absolute Gasteiger partial charge is 0.229 e. The molecule has 1 saturated heterocycles. The van der Waals surface area contributed by atoms with E-state index in [2.05, 4.69) is 5.32 Å². The number of imide groups is 1. The molecule has 3 amide bonds. The van der Waals surface area contributed by atoms with E-state index >= 15 is 0 Å². The van der Waals surface area contributed by atoms with Crippen molar-refractivity contribution in [2.45, 2.75) is 38.5 Å². The van der Waals surface area contributed by atoms with Crippen molar-refractivity contribution in [3.05, 3.63) is 0 Å². The van der Waals surface area contributed by atoms with Crippen molar-refractivity contribution < 1.29 is 14.4 Å². The van der Waals surface area contributed by atoms with Crippen molar-refractivity contribution in [2.24, 2.45) is 5.73 Å². The van der Waals surface area contributed by atoms with Gasteiger partial charge in [-0.2, -0.15) is 0 Å². The highest BCUT2D eigenvalue weighted by Gasteiger charge is 2.28. The van der Waals surface area contributed by atoms with E-state index in [1.165, 1.54) is 4.90 Å². The van der Waals surface area contributed by atoms with Crippen LogP contribution in [-0.4, -0.2) is 42.3 Å². The van der Waals surface area contributed by atoms with Gasteiger partial charge in [-0.3, -0.25) is 19.3 Å². The molecule has 0 radical (unpaired) electrons. The summed E-state index contributed by atoms with van der Waals surface area (Å²) >= 11 is 0. The number of nitrogens with zero attached hydrogens (tertiary/aromatic N) is 1. The number of hydrogen-bond acceptors (Lipinski definition) is 4. The lowest BCUT2D eigenvalue weighted by molar-refractivity contribution is -0.138. The lowest BCUT2D eigenvalue weighted by atomic mass is 10.2. The number of amides is 3. The number of likely N-dealkylation sites (tertiary alicyclic amines) is 1. The summed E-state index contributed by atoms with van der Waals surface area (Å²) in [6.45, 7) is 1.63. The van der Waals surface area contributed by atoms with Crippen LogP contribution in [-0.2, 0) is 14.4 Å². The lowest BCUT2D eigenvalue weighted by Crippen LogP contribution is -2.31. The van der Waals surface area contributed by atoms with E-state index in [0.717, 1.165) is 12.8 Å². The number of hydrogen-bond donors (Lipinski definition) is 2. The second kappa shape index (κ2) is 7.81. The van der Waals surface area contributed by atoms with E-state index < -0.39 is 0 Å². The molecular formula is C12H21N3O3. The molecule has 1 aliphatic rings. The van der Waals surface area contributed by atoms with Crippen LogP contribution >= 0.6 is 0 Å². The zero-order valence-electron chi connectivity index (χ0n) is 10.6. The van der Waals surface area contributed by atoms with Crippen LogP contribution < -0.4 is 11.1 Å². The van der Waals surface area contributed by atoms with Crippen LogP contribution in [0.15, 0.2) is 0 Å². The average molecular weight is 255 g/mol. The summed E-state index contributed by atoms with van der Waals surface area (Å²) in [5.41, 5.74) is 5.34. The molecule has 0 bridgehead atoms. The van der Waals surface area contributed by atoms with Gasteiger partial charge in [0.2, 0.25) is 17.7 Å². The molecule has 0 aliphatic carbocycles. The van der Waals surface area contributed by atoms with Gasteiger partial charge in [0, 0.05) is 32.4 Å². The van der Waals surface area contributed by atoms with Gasteiger partial charge in [-0.05, 0) is 25.8 Å². The predicted molar refractivity (Wildman–Crippen MR) is 66.5 cm³/mol. The molecule has 1 rings (SSSR count). The van der Waals surface area contributed by atoms with Gasteiger partial charge in [0.1, 0.15) is 0 Å². The Morgan fingerprint density at radius 2 is 1.83 bits per heavy atom. The molecule has 1 aliphatic heterocycles. The van der Waals surface area contributed by atoms with Crippen LogP contribution in [0.4, 0.5) is 0 Å². The molecular weight excluding hydrogens is 234 g/mol. The molecule has 102 valence electrons. The van der Waals surface area contributed by atoms with E-state index in [1.54, 1.807) is 0 Å². The van der Waals surface area contributed by atoms with Crippen molar-refractivity contribution in [1.29, 1.82) is 0 Å². The van der Waals surface area contributed by atoms with Crippen LogP contribution in [0.1, 0.15) is 38.5 Å². The molecule has 6 nitrogen and oxygen atoms in total. The zero-order valence-corrected chi connectivity index (χ0v) is 10.6. The Bertz CT molecular complexity index is 302. The Morgan fingerprint density at radius 1 is 1.17 bits per heavy atom. The van der Waals surface area contributed by atoms with Crippen molar-refractivity contribution in [1.82, 2.24) is 10.2 Å². The Morgan fingerprint density at radius 3 is 2.44 bits per heavy atom. The highest BCUT2D eigenvalue weighted by molar-refractivity contribution is 6.01. The monoisotopic (exact) mass is 255 g/mol. The average Bonchev–Trinajstić information content (AvgIpc) is 2.66. The summed E-state index contributed by atoms with van der Waals surface area (Å²) in [6, 6.07) is 0. The van der Waals surface area contributed by atoms with Crippen LogP contribution in [0.25, 0.3) is 0 Å². The van der Waals surface area contributed by atoms with Gasteiger partial charge in [0.25, 0.3) is 0 Å². The fraction of sp³-hybridized carbons (Fsp3) is 0.750. The second-order valence-corrected chi connectivity index (χ2v) is 4.39. The van der Waals surface area contributed by atoms with Crippen LogP contribution in [0, 0.1) is 0 Å². The highest BCUT2D eigenvalue weighted by atomic mass is 16.2. The van der Waals surface area contributed by atoms with Crippen molar-refractivity contribution in [3.8, 4) is 0 Å². The van der Waals surface area contributed by atoms with Crippen molar-refractivity contribution in [2.75, 3.05) is 19.6 Å². The largest absolute Gasteiger partial charge is 0.356 e. The third-order valence-electron chi connectivity index (χ3n) is 2.89. The first kappa shape index (κ1) is 14.6. The van der Waals surface area contributed by atoms with Crippen LogP contribution in [0.5, 0.6) is 0 Å². The maximum atomic E-state index is 11.4. The molecule has 6 heteroatoms. The zero-order chi connectivity index (χ0) is 13.4. The van der Waals surface area contributed by atoms with E-state index in [1.807, 2.05) is 0 Å². The topological polar surface area (TPSA) is 92.5 Å². The Labute approximate surface area is 107 Å². The molecule has 0 aromatic carbocycles. The minimum Gasteiger partial charge on any atom is -0.356 e. The standard InChI is InChI=1S/C12H21N3O3/c13-7-1-2-8-14-10(16)4-3-9-15-11(17)5-6-12(15)18/h1-9,13H2,(H,14,16). The van der Waals surface area contributed by atoms with E-state index in [9.17, 15) is 14.4 Å². The number of carbonyl (C=O) groups is 3. The molecule has 0 spiro atoms. The minimum absolute atomic E-state index is 0.0360. The third-order valence-corrected chi connectivity index (χ3v) is 2.89. The molecule has 3 N–H and O–H groups in total. The fourth-order valence-electron chi connectivity index (χ4n) is 1.86. The SMILES string of the molecule is NCCCCNC(=O)CCCN1C(=O)CCC1=O. The molecule has 1 fully saturated rings. The summed E-state index contributed by atoms with van der Waals surface area (Å²) in [7, 11) is 0. The molecule has 18 heavy (non-hydrogen) atoms. The third kappa shape index (κ3) is 4.83. The number of rotatable bonds is 8. The number of nitrogens with two attached hydrogens (primary N) is 1. The Hall–Kier alpha value is -1.43. The number of nitrogens with one attached hydrogen (secondary N) is 1. The molecule has 0 aromatic heterocycles. The molecule has 0 unspecified atom stereocenters. The molecule has 1 heterocycles. The minimum atomic E-state index is -0.122. The fourth-order valence-corrected chi connectivity index (χ4v) is 1.86. The molecule has 0 atom stereocenters. The lowest BCUT2D eigenvalue weighted by Gasteiger charge is -2.13. The Kier molecular flexibility index (Phi) is 6.35. The quantitative estimate of drug-likeness (QED) is 0.463. The first-order valence-electron chi connectivity index (χ1n) is 6.45. The summed E-state index contributed by atoms with van der Waals surface area (Å²) in [4.78, 5) is 35.3. The van der Waals surface area contributed by atoms with Crippen molar-refractivity contribution in [3.63, 3.8) is 0 Å². The summed E-state index contributed by atoms with van der Waals surface area (Å²) < 4.78 is 0.